The SMILES string of the molecule is Nc1[nH]ncc1C(=O)Nc1ccc(Cl)cc1Br. The van der Waals surface area contributed by atoms with Crippen molar-refractivity contribution in [1.82, 2.24) is 10.2 Å². The maximum Gasteiger partial charge on any atom is 0.261 e. The second kappa shape index (κ2) is 4.77. The van der Waals surface area contributed by atoms with Gasteiger partial charge in [0.25, 0.3) is 5.91 Å². The summed E-state index contributed by atoms with van der Waals surface area (Å²) >= 11 is 9.10. The quantitative estimate of drug-likeness (QED) is 0.796. The molecule has 0 bridgehead atoms. The molecular formula is C10H8BrClN4O. The number of nitrogens with zero attached hydrogens (tertiary/aromatic N) is 1. The molecule has 0 aliphatic rings. The van der Waals surface area contributed by atoms with Crippen LogP contribution in [-0.4, -0.2) is 16.1 Å². The van der Waals surface area contributed by atoms with Gasteiger partial charge in [0.2, 0.25) is 0 Å². The molecule has 0 radical (unpaired) electrons. The van der Waals surface area contributed by atoms with Crippen molar-refractivity contribution in [2.24, 2.45) is 0 Å². The Morgan fingerprint density at radius 3 is 2.88 bits per heavy atom. The molecule has 1 amide bonds. The highest BCUT2D eigenvalue weighted by Crippen LogP contribution is 2.26. The second-order valence-electron chi connectivity index (χ2n) is 3.28. The third kappa shape index (κ3) is 2.59. The summed E-state index contributed by atoms with van der Waals surface area (Å²) < 4.78 is 0.695. The summed E-state index contributed by atoms with van der Waals surface area (Å²) in [5.41, 5.74) is 6.45. The van der Waals surface area contributed by atoms with Gasteiger partial charge in [0.1, 0.15) is 11.4 Å². The molecule has 5 nitrogen and oxygen atoms in total. The van der Waals surface area contributed by atoms with Gasteiger partial charge in [-0.15, -0.1) is 0 Å². The van der Waals surface area contributed by atoms with E-state index in [4.69, 9.17) is 17.3 Å². The molecule has 0 saturated carbocycles. The lowest BCUT2D eigenvalue weighted by Gasteiger charge is -2.06. The minimum absolute atomic E-state index is 0.229. The number of aromatic amines is 1. The Labute approximate surface area is 110 Å². The van der Waals surface area contributed by atoms with Crippen LogP contribution < -0.4 is 11.1 Å². The molecule has 0 spiro atoms. The number of H-pyrrole nitrogens is 1. The van der Waals surface area contributed by atoms with Crippen LogP contribution in [0.2, 0.25) is 5.02 Å². The Bertz CT molecular complexity index is 569. The molecule has 1 heterocycles. The number of rotatable bonds is 2. The highest BCUT2D eigenvalue weighted by atomic mass is 79.9. The monoisotopic (exact) mass is 314 g/mol. The highest BCUT2D eigenvalue weighted by Gasteiger charge is 2.13. The van der Waals surface area contributed by atoms with E-state index in [2.05, 4.69) is 31.4 Å². The first kappa shape index (κ1) is 11.9. The van der Waals surface area contributed by atoms with Crippen LogP contribution in [0.4, 0.5) is 11.5 Å². The molecular weight excluding hydrogens is 307 g/mol. The highest BCUT2D eigenvalue weighted by molar-refractivity contribution is 9.10. The van der Waals surface area contributed by atoms with Gasteiger partial charge < -0.3 is 11.1 Å². The Morgan fingerprint density at radius 1 is 1.53 bits per heavy atom. The number of halogens is 2. The summed E-state index contributed by atoms with van der Waals surface area (Å²) in [6, 6.07) is 5.07. The van der Waals surface area contributed by atoms with E-state index in [1.165, 1.54) is 6.20 Å². The number of carbonyl (C=O) groups excluding carboxylic acids is 1. The average molecular weight is 316 g/mol. The smallest absolute Gasteiger partial charge is 0.261 e. The average Bonchev–Trinajstić information content (AvgIpc) is 2.68. The molecule has 4 N–H and O–H groups in total. The number of aromatic nitrogens is 2. The Balaban J connectivity index is 2.22. The molecule has 0 atom stereocenters. The van der Waals surface area contributed by atoms with Gasteiger partial charge in [0.05, 0.1) is 11.9 Å². The van der Waals surface area contributed by atoms with Gasteiger partial charge in [0.15, 0.2) is 0 Å². The Hall–Kier alpha value is -1.53. The molecule has 0 aliphatic heterocycles. The van der Waals surface area contributed by atoms with Gasteiger partial charge in [-0.3, -0.25) is 9.89 Å². The van der Waals surface area contributed by atoms with Gasteiger partial charge in [-0.2, -0.15) is 5.10 Å². The standard InChI is InChI=1S/C10H8BrClN4O/c11-7-3-5(12)1-2-8(7)15-10(17)6-4-14-16-9(6)13/h1-4H,(H,15,17)(H3,13,14,16). The molecule has 88 valence electrons. The number of nitrogens with two attached hydrogens (primary N) is 1. The topological polar surface area (TPSA) is 83.8 Å². The molecule has 1 aromatic carbocycles. The van der Waals surface area contributed by atoms with Crippen molar-refractivity contribution < 1.29 is 4.79 Å². The van der Waals surface area contributed by atoms with Crippen LogP contribution >= 0.6 is 27.5 Å². The number of carbonyl (C=O) groups is 1. The fourth-order valence-electron chi connectivity index (χ4n) is 1.26. The van der Waals surface area contributed by atoms with Crippen molar-refractivity contribution in [1.29, 1.82) is 0 Å². The Morgan fingerprint density at radius 2 is 2.29 bits per heavy atom. The number of hydrogen-bond donors (Lipinski definition) is 3. The van der Waals surface area contributed by atoms with Crippen LogP contribution in [0.1, 0.15) is 10.4 Å². The first-order valence-corrected chi connectivity index (χ1v) is 5.80. The van der Waals surface area contributed by atoms with Crippen molar-refractivity contribution >= 4 is 44.9 Å². The fraction of sp³-hybridized carbons (Fsp3) is 0. The Kier molecular flexibility index (Phi) is 3.35. The normalized spacial score (nSPS) is 10.2. The van der Waals surface area contributed by atoms with Gasteiger partial charge >= 0.3 is 0 Å². The fourth-order valence-corrected chi connectivity index (χ4v) is 2.04. The van der Waals surface area contributed by atoms with Gasteiger partial charge in [-0.1, -0.05) is 11.6 Å². The lowest BCUT2D eigenvalue weighted by molar-refractivity contribution is 0.102. The van der Waals surface area contributed by atoms with Crippen LogP contribution in [0.5, 0.6) is 0 Å². The second-order valence-corrected chi connectivity index (χ2v) is 4.57. The first-order chi connectivity index (χ1) is 8.08. The first-order valence-electron chi connectivity index (χ1n) is 4.63. The predicted molar refractivity (Wildman–Crippen MR) is 70.1 cm³/mol. The largest absolute Gasteiger partial charge is 0.383 e. The zero-order chi connectivity index (χ0) is 12.4. The van der Waals surface area contributed by atoms with Crippen LogP contribution in [0, 0.1) is 0 Å². The molecule has 0 unspecified atom stereocenters. The zero-order valence-corrected chi connectivity index (χ0v) is 10.8. The molecule has 2 rings (SSSR count). The molecule has 7 heteroatoms. The minimum atomic E-state index is -0.334. The van der Waals surface area contributed by atoms with Crippen LogP contribution in [0.3, 0.4) is 0 Å². The van der Waals surface area contributed by atoms with Crippen molar-refractivity contribution in [3.05, 3.63) is 39.5 Å². The molecule has 1 aromatic heterocycles. The van der Waals surface area contributed by atoms with E-state index in [1.54, 1.807) is 18.2 Å². The number of hydrogen-bond acceptors (Lipinski definition) is 3. The number of nitrogen functional groups attached to an aromatic ring is 1. The number of benzene rings is 1. The predicted octanol–water partition coefficient (Wildman–Crippen LogP) is 2.66. The van der Waals surface area contributed by atoms with Crippen molar-refractivity contribution in [3.63, 3.8) is 0 Å². The van der Waals surface area contributed by atoms with E-state index >= 15 is 0 Å². The van der Waals surface area contributed by atoms with E-state index in [0.29, 0.717) is 20.7 Å². The van der Waals surface area contributed by atoms with E-state index in [1.807, 2.05) is 0 Å². The van der Waals surface area contributed by atoms with Crippen molar-refractivity contribution in [2.75, 3.05) is 11.1 Å². The maximum absolute atomic E-state index is 11.8. The summed E-state index contributed by atoms with van der Waals surface area (Å²) in [4.78, 5) is 11.8. The summed E-state index contributed by atoms with van der Waals surface area (Å²) in [7, 11) is 0. The molecule has 17 heavy (non-hydrogen) atoms. The van der Waals surface area contributed by atoms with E-state index < -0.39 is 0 Å². The minimum Gasteiger partial charge on any atom is -0.383 e. The number of nitrogens with one attached hydrogen (secondary N) is 2. The summed E-state index contributed by atoms with van der Waals surface area (Å²) in [5, 5.41) is 9.45. The summed E-state index contributed by atoms with van der Waals surface area (Å²) in [5.74, 6) is -0.105. The lowest BCUT2D eigenvalue weighted by Crippen LogP contribution is -2.13. The third-order valence-electron chi connectivity index (χ3n) is 2.09. The van der Waals surface area contributed by atoms with Crippen LogP contribution in [0.15, 0.2) is 28.9 Å². The van der Waals surface area contributed by atoms with Gasteiger partial charge in [-0.25, -0.2) is 0 Å². The summed E-state index contributed by atoms with van der Waals surface area (Å²) in [6.07, 6.45) is 1.37. The van der Waals surface area contributed by atoms with Gasteiger partial charge in [0, 0.05) is 9.50 Å². The van der Waals surface area contributed by atoms with E-state index in [9.17, 15) is 4.79 Å². The summed E-state index contributed by atoms with van der Waals surface area (Å²) in [6.45, 7) is 0. The lowest BCUT2D eigenvalue weighted by atomic mass is 10.2. The molecule has 0 saturated heterocycles. The zero-order valence-electron chi connectivity index (χ0n) is 8.50. The van der Waals surface area contributed by atoms with Gasteiger partial charge in [-0.05, 0) is 34.1 Å². The van der Waals surface area contributed by atoms with Crippen LogP contribution in [-0.2, 0) is 0 Å². The molecule has 0 aliphatic carbocycles. The molecule has 0 fully saturated rings. The third-order valence-corrected chi connectivity index (χ3v) is 2.98. The van der Waals surface area contributed by atoms with Crippen LogP contribution in [0.25, 0.3) is 0 Å². The number of amides is 1. The maximum atomic E-state index is 11.8. The van der Waals surface area contributed by atoms with E-state index in [0.717, 1.165) is 0 Å². The molecule has 2 aromatic rings. The number of anilines is 2. The van der Waals surface area contributed by atoms with E-state index in [-0.39, 0.29) is 11.7 Å². The van der Waals surface area contributed by atoms with Crippen molar-refractivity contribution in [2.45, 2.75) is 0 Å². The van der Waals surface area contributed by atoms with Crippen molar-refractivity contribution in [3.8, 4) is 0 Å².